The minimum Gasteiger partial charge on any atom is -0.371 e. The fourth-order valence-corrected chi connectivity index (χ4v) is 1.33. The van der Waals surface area contributed by atoms with Crippen LogP contribution in [0.1, 0.15) is 28.9 Å². The molecule has 16 heavy (non-hydrogen) atoms. The highest BCUT2D eigenvalue weighted by Crippen LogP contribution is 2.20. The van der Waals surface area contributed by atoms with Crippen molar-refractivity contribution < 1.29 is 17.8 Å². The van der Waals surface area contributed by atoms with Gasteiger partial charge in [-0.1, -0.05) is 0 Å². The molecule has 0 fully saturated rings. The Morgan fingerprint density at radius 2 is 2.06 bits per heavy atom. The van der Waals surface area contributed by atoms with Gasteiger partial charge in [-0.05, 0) is 19.1 Å². The lowest BCUT2D eigenvalue weighted by atomic mass is 10.1. The number of halogens is 2. The van der Waals surface area contributed by atoms with E-state index in [2.05, 4.69) is 4.18 Å². The number of carbonyl (C=O) groups is 1. The lowest BCUT2D eigenvalue weighted by Gasteiger charge is -2.09. The predicted octanol–water partition coefficient (Wildman–Crippen LogP) is 1.66. The summed E-state index contributed by atoms with van der Waals surface area (Å²) in [6, 6.07) is 0.952. The second-order valence-corrected chi connectivity index (χ2v) is 3.47. The van der Waals surface area contributed by atoms with Gasteiger partial charge in [0.25, 0.3) is 0 Å². The van der Waals surface area contributed by atoms with Crippen LogP contribution in [0.5, 0.6) is 0 Å². The van der Waals surface area contributed by atoms with Crippen molar-refractivity contribution in [1.82, 2.24) is 0 Å². The van der Waals surface area contributed by atoms with Crippen molar-refractivity contribution >= 4 is 18.2 Å². The SMILES string of the molecule is C[C@@H](N)c1cc(F)c(C(=O)OSN)cc1F. The predicted molar refractivity (Wildman–Crippen MR) is 56.2 cm³/mol. The Balaban J connectivity index is 3.15. The van der Waals surface area contributed by atoms with E-state index >= 15 is 0 Å². The Hall–Kier alpha value is -1.18. The standard InChI is InChI=1S/C9H10F2N2O2S/c1-4(12)5-2-8(11)6(3-7(5)10)9(14)15-16-13/h2-4H,12-13H2,1H3/t4-/m1/s1. The van der Waals surface area contributed by atoms with Crippen LogP contribution in [0.15, 0.2) is 12.1 Å². The maximum atomic E-state index is 13.4. The van der Waals surface area contributed by atoms with E-state index < -0.39 is 29.2 Å². The molecule has 0 aliphatic rings. The minimum absolute atomic E-state index is 0.00514. The molecule has 0 saturated carbocycles. The Labute approximate surface area is 95.3 Å². The Morgan fingerprint density at radius 1 is 1.44 bits per heavy atom. The molecule has 88 valence electrons. The first-order valence-electron chi connectivity index (χ1n) is 4.29. The quantitative estimate of drug-likeness (QED) is 0.628. The van der Waals surface area contributed by atoms with Gasteiger partial charge in [-0.15, -0.1) is 0 Å². The zero-order chi connectivity index (χ0) is 12.3. The van der Waals surface area contributed by atoms with Crippen molar-refractivity contribution in [3.63, 3.8) is 0 Å². The fourth-order valence-electron chi connectivity index (χ4n) is 1.16. The van der Waals surface area contributed by atoms with E-state index in [9.17, 15) is 13.6 Å². The summed E-state index contributed by atoms with van der Waals surface area (Å²) >= 11 is 0.266. The molecule has 0 heterocycles. The molecule has 0 aliphatic heterocycles. The molecule has 4 nitrogen and oxygen atoms in total. The number of benzene rings is 1. The molecule has 0 amide bonds. The fraction of sp³-hybridized carbons (Fsp3) is 0.222. The summed E-state index contributed by atoms with van der Waals surface area (Å²) in [4.78, 5) is 11.1. The normalized spacial score (nSPS) is 12.3. The Kier molecular flexibility index (Phi) is 4.22. The zero-order valence-electron chi connectivity index (χ0n) is 8.37. The van der Waals surface area contributed by atoms with Crippen molar-refractivity contribution in [2.45, 2.75) is 13.0 Å². The first-order chi connectivity index (χ1) is 7.47. The average Bonchev–Trinajstić information content (AvgIpc) is 2.20. The number of carbonyl (C=O) groups excluding carboxylic acids is 1. The highest BCUT2D eigenvalue weighted by Gasteiger charge is 2.18. The van der Waals surface area contributed by atoms with E-state index in [1.807, 2.05) is 0 Å². The van der Waals surface area contributed by atoms with E-state index in [0.717, 1.165) is 12.1 Å². The Bertz CT molecular complexity index is 413. The Morgan fingerprint density at radius 3 is 2.56 bits per heavy atom. The van der Waals surface area contributed by atoms with Gasteiger partial charge in [0.05, 0.1) is 5.56 Å². The average molecular weight is 248 g/mol. The monoisotopic (exact) mass is 248 g/mol. The van der Waals surface area contributed by atoms with Crippen LogP contribution in [0.2, 0.25) is 0 Å². The summed E-state index contributed by atoms with van der Waals surface area (Å²) in [5, 5.41) is 4.87. The third-order valence-electron chi connectivity index (χ3n) is 1.92. The van der Waals surface area contributed by atoms with Gasteiger partial charge in [0.15, 0.2) is 0 Å². The molecule has 1 aromatic rings. The molecule has 7 heteroatoms. The van der Waals surface area contributed by atoms with Crippen LogP contribution in [-0.2, 0) is 4.18 Å². The van der Waals surface area contributed by atoms with Crippen LogP contribution in [0.4, 0.5) is 8.78 Å². The molecule has 0 unspecified atom stereocenters. The molecule has 0 aliphatic carbocycles. The van der Waals surface area contributed by atoms with E-state index in [1.54, 1.807) is 0 Å². The molecule has 0 spiro atoms. The van der Waals surface area contributed by atoms with Gasteiger partial charge >= 0.3 is 5.97 Å². The molecular formula is C9H10F2N2O2S. The zero-order valence-corrected chi connectivity index (χ0v) is 9.18. The molecule has 1 aromatic carbocycles. The largest absolute Gasteiger partial charge is 0.371 e. The van der Waals surface area contributed by atoms with Gasteiger partial charge in [0, 0.05) is 11.6 Å². The van der Waals surface area contributed by atoms with Gasteiger partial charge in [-0.2, -0.15) is 0 Å². The maximum absolute atomic E-state index is 13.4. The van der Waals surface area contributed by atoms with Crippen molar-refractivity contribution in [2.75, 3.05) is 0 Å². The van der Waals surface area contributed by atoms with Gasteiger partial charge in [-0.3, -0.25) is 0 Å². The van der Waals surface area contributed by atoms with Crippen LogP contribution in [0.3, 0.4) is 0 Å². The summed E-state index contributed by atoms with van der Waals surface area (Å²) in [5.74, 6) is -2.70. The molecule has 0 radical (unpaired) electrons. The van der Waals surface area contributed by atoms with Gasteiger partial charge in [0.1, 0.15) is 23.9 Å². The maximum Gasteiger partial charge on any atom is 0.354 e. The van der Waals surface area contributed by atoms with Crippen LogP contribution in [-0.4, -0.2) is 5.97 Å². The van der Waals surface area contributed by atoms with Gasteiger partial charge < -0.3 is 9.92 Å². The molecule has 0 aromatic heterocycles. The van der Waals surface area contributed by atoms with Crippen LogP contribution >= 0.6 is 12.2 Å². The summed E-state index contributed by atoms with van der Waals surface area (Å²) in [6.45, 7) is 1.51. The molecular weight excluding hydrogens is 238 g/mol. The smallest absolute Gasteiger partial charge is 0.354 e. The third-order valence-corrected chi connectivity index (χ3v) is 2.17. The molecule has 0 bridgehead atoms. The summed E-state index contributed by atoms with van der Waals surface area (Å²) < 4.78 is 31.1. The van der Waals surface area contributed by atoms with Crippen LogP contribution in [0.25, 0.3) is 0 Å². The van der Waals surface area contributed by atoms with E-state index in [4.69, 9.17) is 10.9 Å². The van der Waals surface area contributed by atoms with Gasteiger partial charge in [0.2, 0.25) is 0 Å². The van der Waals surface area contributed by atoms with Crippen molar-refractivity contribution in [3.05, 3.63) is 34.9 Å². The van der Waals surface area contributed by atoms with E-state index in [1.165, 1.54) is 6.92 Å². The lowest BCUT2D eigenvalue weighted by molar-refractivity contribution is 0.0762. The highest BCUT2D eigenvalue weighted by molar-refractivity contribution is 7.92. The van der Waals surface area contributed by atoms with Crippen molar-refractivity contribution in [2.24, 2.45) is 10.9 Å². The van der Waals surface area contributed by atoms with Crippen LogP contribution in [0, 0.1) is 11.6 Å². The lowest BCUT2D eigenvalue weighted by Crippen LogP contribution is -2.11. The number of hydrogen-bond donors (Lipinski definition) is 2. The third kappa shape index (κ3) is 2.69. The second kappa shape index (κ2) is 5.24. The number of hydrogen-bond acceptors (Lipinski definition) is 5. The van der Waals surface area contributed by atoms with E-state index in [0.29, 0.717) is 0 Å². The first kappa shape index (κ1) is 12.9. The highest BCUT2D eigenvalue weighted by atomic mass is 32.2. The molecule has 0 saturated heterocycles. The number of rotatable bonds is 3. The minimum atomic E-state index is -1.04. The number of nitrogens with two attached hydrogens (primary N) is 2. The molecule has 4 N–H and O–H groups in total. The van der Waals surface area contributed by atoms with Crippen molar-refractivity contribution in [3.8, 4) is 0 Å². The summed E-state index contributed by atoms with van der Waals surface area (Å²) in [7, 11) is 0. The van der Waals surface area contributed by atoms with E-state index in [-0.39, 0.29) is 17.8 Å². The molecule has 1 atom stereocenters. The van der Waals surface area contributed by atoms with Gasteiger partial charge in [-0.25, -0.2) is 18.7 Å². The van der Waals surface area contributed by atoms with Crippen LogP contribution < -0.4 is 10.9 Å². The second-order valence-electron chi connectivity index (χ2n) is 3.11. The molecule has 1 rings (SSSR count). The summed E-state index contributed by atoms with van der Waals surface area (Å²) in [5.41, 5.74) is 4.90. The first-order valence-corrected chi connectivity index (χ1v) is 5.10. The van der Waals surface area contributed by atoms with Crippen molar-refractivity contribution in [1.29, 1.82) is 0 Å². The topological polar surface area (TPSA) is 78.3 Å². The summed E-state index contributed by atoms with van der Waals surface area (Å²) in [6.07, 6.45) is 0.